The number of ether oxygens (including phenoxy) is 3. The largest absolute Gasteiger partial charge is 0.462 e. The molecule has 65 heavy (non-hydrogen) atoms. The molecule has 0 saturated carbocycles. The number of carbonyl (C=O) groups excluding carboxylic acids is 3. The first kappa shape index (κ1) is 61.9. The van der Waals surface area contributed by atoms with Crippen LogP contribution in [0.1, 0.15) is 265 Å². The van der Waals surface area contributed by atoms with Crippen LogP contribution in [0.2, 0.25) is 0 Å². The number of esters is 3. The van der Waals surface area contributed by atoms with Gasteiger partial charge < -0.3 is 14.2 Å². The van der Waals surface area contributed by atoms with Gasteiger partial charge in [0.25, 0.3) is 0 Å². The van der Waals surface area contributed by atoms with Crippen LogP contribution in [-0.2, 0) is 28.6 Å². The molecule has 0 rings (SSSR count). The second-order valence-corrected chi connectivity index (χ2v) is 18.1. The second-order valence-electron chi connectivity index (χ2n) is 18.1. The summed E-state index contributed by atoms with van der Waals surface area (Å²) in [6.45, 7) is 6.54. The summed E-state index contributed by atoms with van der Waals surface area (Å²) in [6.07, 6.45) is 67.5. The standard InChI is InChI=1S/C59H102O6/c1-4-7-10-13-16-19-22-25-27-28-29-30-32-34-37-40-43-46-49-52-58(61)64-55-56(54-63-57(60)51-48-45-42-39-36-33-24-21-18-15-12-9-6-3)65-59(62)53-50-47-44-41-38-35-31-26-23-20-17-14-11-8-5-2/h16,19,21,24-25,27,29-30,34,37,43,46,56H,4-15,17-18,20,22-23,26,28,31-33,35-36,38-42,44-45,47-55H2,1-3H3/b19-16-,24-21-,27-25-,30-29-,37-34-,46-43-/t56-/m0/s1. The van der Waals surface area contributed by atoms with Gasteiger partial charge in [-0.05, 0) is 83.5 Å². The van der Waals surface area contributed by atoms with Gasteiger partial charge in [-0.15, -0.1) is 0 Å². The van der Waals surface area contributed by atoms with Crippen LogP contribution in [0.3, 0.4) is 0 Å². The molecule has 0 bridgehead atoms. The molecule has 0 aromatic rings. The number of carbonyl (C=O) groups is 3. The third-order valence-corrected chi connectivity index (χ3v) is 11.7. The van der Waals surface area contributed by atoms with Crippen molar-refractivity contribution < 1.29 is 28.6 Å². The lowest BCUT2D eigenvalue weighted by Crippen LogP contribution is -2.30. The summed E-state index contributed by atoms with van der Waals surface area (Å²) in [4.78, 5) is 38.0. The summed E-state index contributed by atoms with van der Waals surface area (Å²) in [5.74, 6) is -0.988. The first-order chi connectivity index (χ1) is 32.0. The molecule has 0 aromatic heterocycles. The van der Waals surface area contributed by atoms with Crippen molar-refractivity contribution in [2.45, 2.75) is 271 Å². The van der Waals surface area contributed by atoms with E-state index in [1.54, 1.807) is 0 Å². The smallest absolute Gasteiger partial charge is 0.306 e. The molecule has 0 heterocycles. The van der Waals surface area contributed by atoms with Gasteiger partial charge >= 0.3 is 17.9 Å². The molecule has 0 fully saturated rings. The Morgan fingerprint density at radius 3 is 1.02 bits per heavy atom. The lowest BCUT2D eigenvalue weighted by molar-refractivity contribution is -0.166. The first-order valence-corrected chi connectivity index (χ1v) is 27.4. The van der Waals surface area contributed by atoms with E-state index in [2.05, 4.69) is 87.6 Å². The van der Waals surface area contributed by atoms with E-state index in [4.69, 9.17) is 14.2 Å². The Morgan fingerprint density at radius 1 is 0.308 bits per heavy atom. The van der Waals surface area contributed by atoms with Crippen LogP contribution >= 0.6 is 0 Å². The van der Waals surface area contributed by atoms with E-state index in [0.29, 0.717) is 19.3 Å². The highest BCUT2D eigenvalue weighted by atomic mass is 16.6. The van der Waals surface area contributed by atoms with Crippen LogP contribution in [-0.4, -0.2) is 37.2 Å². The summed E-state index contributed by atoms with van der Waals surface area (Å²) in [7, 11) is 0. The van der Waals surface area contributed by atoms with Gasteiger partial charge in [0.1, 0.15) is 13.2 Å². The van der Waals surface area contributed by atoms with Crippen LogP contribution in [0.4, 0.5) is 0 Å². The highest BCUT2D eigenvalue weighted by Crippen LogP contribution is 2.15. The molecule has 1 atom stereocenters. The lowest BCUT2D eigenvalue weighted by Gasteiger charge is -2.18. The molecule has 6 nitrogen and oxygen atoms in total. The highest BCUT2D eigenvalue weighted by Gasteiger charge is 2.19. The first-order valence-electron chi connectivity index (χ1n) is 27.4. The molecule has 0 radical (unpaired) electrons. The average Bonchev–Trinajstić information content (AvgIpc) is 3.30. The van der Waals surface area contributed by atoms with E-state index in [1.165, 1.54) is 148 Å². The maximum absolute atomic E-state index is 12.8. The average molecular weight is 907 g/mol. The highest BCUT2D eigenvalue weighted by molar-refractivity contribution is 5.71. The molecule has 374 valence electrons. The number of allylic oxidation sites excluding steroid dienone is 12. The third kappa shape index (κ3) is 51.7. The van der Waals surface area contributed by atoms with Gasteiger partial charge in [-0.25, -0.2) is 0 Å². The van der Waals surface area contributed by atoms with E-state index < -0.39 is 6.10 Å². The Hall–Kier alpha value is -3.15. The number of hydrogen-bond donors (Lipinski definition) is 0. The topological polar surface area (TPSA) is 78.9 Å². The van der Waals surface area contributed by atoms with Crippen LogP contribution in [0.15, 0.2) is 72.9 Å². The summed E-state index contributed by atoms with van der Waals surface area (Å²) in [5, 5.41) is 0. The quantitative estimate of drug-likeness (QED) is 0.0262. The van der Waals surface area contributed by atoms with Crippen LogP contribution < -0.4 is 0 Å². The van der Waals surface area contributed by atoms with Crippen molar-refractivity contribution in [3.63, 3.8) is 0 Å². The minimum atomic E-state index is -0.806. The SMILES string of the molecule is CCCCC/C=C\C/C=C\C/C=C\C/C=C\C/C=C\CCC(=O)OC[C@H](COC(=O)CCCCCCC/C=C\CCCCCC)OC(=O)CCCCCCCCCCCCCCCCC. The molecule has 0 amide bonds. The molecule has 0 aliphatic rings. The maximum Gasteiger partial charge on any atom is 0.306 e. The molecule has 0 unspecified atom stereocenters. The summed E-state index contributed by atoms with van der Waals surface area (Å²) in [6, 6.07) is 0. The summed E-state index contributed by atoms with van der Waals surface area (Å²) < 4.78 is 16.8. The van der Waals surface area contributed by atoms with Crippen molar-refractivity contribution in [1.29, 1.82) is 0 Å². The molecule has 0 saturated heterocycles. The Morgan fingerprint density at radius 2 is 0.585 bits per heavy atom. The van der Waals surface area contributed by atoms with Crippen molar-refractivity contribution in [2.24, 2.45) is 0 Å². The molecule has 0 spiro atoms. The van der Waals surface area contributed by atoms with Gasteiger partial charge in [0.2, 0.25) is 0 Å². The third-order valence-electron chi connectivity index (χ3n) is 11.7. The Balaban J connectivity index is 4.48. The molecular weight excluding hydrogens is 805 g/mol. The Kier molecular flexibility index (Phi) is 50.9. The Labute approximate surface area is 402 Å². The van der Waals surface area contributed by atoms with Crippen LogP contribution in [0.25, 0.3) is 0 Å². The maximum atomic E-state index is 12.8. The predicted octanol–water partition coefficient (Wildman–Crippen LogP) is 18.2. The number of unbranched alkanes of at least 4 members (excludes halogenated alkanes) is 26. The van der Waals surface area contributed by atoms with E-state index in [0.717, 1.165) is 70.6 Å². The zero-order chi connectivity index (χ0) is 47.2. The Bertz CT molecular complexity index is 1230. The number of rotatable bonds is 49. The normalized spacial score (nSPS) is 12.6. The van der Waals surface area contributed by atoms with E-state index >= 15 is 0 Å². The fraction of sp³-hybridized carbons (Fsp3) is 0.746. The zero-order valence-electron chi connectivity index (χ0n) is 42.7. The van der Waals surface area contributed by atoms with Crippen molar-refractivity contribution >= 4 is 17.9 Å². The monoisotopic (exact) mass is 907 g/mol. The minimum absolute atomic E-state index is 0.101. The van der Waals surface area contributed by atoms with Crippen molar-refractivity contribution in [3.8, 4) is 0 Å². The van der Waals surface area contributed by atoms with Gasteiger partial charge in [-0.3, -0.25) is 14.4 Å². The summed E-state index contributed by atoms with van der Waals surface area (Å²) >= 11 is 0. The van der Waals surface area contributed by atoms with Gasteiger partial charge in [0, 0.05) is 19.3 Å². The predicted molar refractivity (Wildman–Crippen MR) is 279 cm³/mol. The lowest BCUT2D eigenvalue weighted by atomic mass is 10.0. The molecular formula is C59H102O6. The van der Waals surface area contributed by atoms with E-state index in [9.17, 15) is 14.4 Å². The molecule has 0 aromatic carbocycles. The van der Waals surface area contributed by atoms with E-state index in [-0.39, 0.29) is 37.5 Å². The molecule has 6 heteroatoms. The van der Waals surface area contributed by atoms with Crippen LogP contribution in [0, 0.1) is 0 Å². The van der Waals surface area contributed by atoms with Crippen molar-refractivity contribution in [3.05, 3.63) is 72.9 Å². The summed E-state index contributed by atoms with van der Waals surface area (Å²) in [5.41, 5.74) is 0. The van der Waals surface area contributed by atoms with Gasteiger partial charge in [-0.1, -0.05) is 235 Å². The second kappa shape index (κ2) is 53.5. The molecule has 0 N–H and O–H groups in total. The number of hydrogen-bond acceptors (Lipinski definition) is 6. The molecule has 0 aliphatic carbocycles. The fourth-order valence-corrected chi connectivity index (χ4v) is 7.54. The fourth-order valence-electron chi connectivity index (χ4n) is 7.54. The van der Waals surface area contributed by atoms with Crippen molar-refractivity contribution in [2.75, 3.05) is 13.2 Å². The van der Waals surface area contributed by atoms with Crippen LogP contribution in [0.5, 0.6) is 0 Å². The van der Waals surface area contributed by atoms with Gasteiger partial charge in [0.15, 0.2) is 6.10 Å². The van der Waals surface area contributed by atoms with Crippen molar-refractivity contribution in [1.82, 2.24) is 0 Å². The van der Waals surface area contributed by atoms with Gasteiger partial charge in [0.05, 0.1) is 0 Å². The van der Waals surface area contributed by atoms with E-state index in [1.807, 2.05) is 6.08 Å². The zero-order valence-corrected chi connectivity index (χ0v) is 42.7. The van der Waals surface area contributed by atoms with Gasteiger partial charge in [-0.2, -0.15) is 0 Å². The minimum Gasteiger partial charge on any atom is -0.462 e. The molecule has 0 aliphatic heterocycles.